The Morgan fingerprint density at radius 3 is 2.50 bits per heavy atom. The smallest absolute Gasteiger partial charge is 0.179 e. The molecular weight excluding hydrogens is 202 g/mol. The summed E-state index contributed by atoms with van der Waals surface area (Å²) < 4.78 is 11.6. The van der Waals surface area contributed by atoms with E-state index in [0.717, 1.165) is 30.0 Å². The second-order valence-corrected chi connectivity index (χ2v) is 5.30. The number of aromatic nitrogens is 1. The second kappa shape index (κ2) is 3.96. The van der Waals surface area contributed by atoms with E-state index >= 15 is 0 Å². The number of hydrogen-bond acceptors (Lipinski definition) is 3. The number of pyridine rings is 1. The lowest BCUT2D eigenvalue weighted by molar-refractivity contribution is 0.122. The van der Waals surface area contributed by atoms with Crippen molar-refractivity contribution in [3.63, 3.8) is 0 Å². The third kappa shape index (κ3) is 3.12. The summed E-state index contributed by atoms with van der Waals surface area (Å²) in [5.74, 6) is 1.56. The summed E-state index contributed by atoms with van der Waals surface area (Å²) in [6, 6.07) is 1.93. The van der Waals surface area contributed by atoms with Crippen LogP contribution in [0.15, 0.2) is 12.3 Å². The Balaban J connectivity index is 2.20. The lowest BCUT2D eigenvalue weighted by Gasteiger charge is -2.23. The Morgan fingerprint density at radius 1 is 1.25 bits per heavy atom. The van der Waals surface area contributed by atoms with Crippen LogP contribution in [-0.4, -0.2) is 16.7 Å². The zero-order valence-electron chi connectivity index (χ0n) is 10.4. The molecule has 1 saturated carbocycles. The standard InChI is InChI=1S/C13H19NO2/c1-9-7-11(16-13(2,3)4)12(8-14-9)15-10-5-6-10/h7-8,10H,5-6H2,1-4H3. The van der Waals surface area contributed by atoms with Crippen LogP contribution < -0.4 is 9.47 Å². The summed E-state index contributed by atoms with van der Waals surface area (Å²) in [7, 11) is 0. The van der Waals surface area contributed by atoms with Gasteiger partial charge in [0, 0.05) is 11.8 Å². The molecule has 0 saturated heterocycles. The fourth-order valence-electron chi connectivity index (χ4n) is 1.39. The van der Waals surface area contributed by atoms with E-state index in [9.17, 15) is 0 Å². The maximum absolute atomic E-state index is 5.88. The molecule has 3 nitrogen and oxygen atoms in total. The van der Waals surface area contributed by atoms with E-state index in [2.05, 4.69) is 4.98 Å². The van der Waals surface area contributed by atoms with Crippen molar-refractivity contribution in [2.45, 2.75) is 52.2 Å². The van der Waals surface area contributed by atoms with Crippen molar-refractivity contribution in [3.8, 4) is 11.5 Å². The van der Waals surface area contributed by atoms with E-state index in [4.69, 9.17) is 9.47 Å². The highest BCUT2D eigenvalue weighted by Crippen LogP contribution is 2.35. The SMILES string of the molecule is Cc1cc(OC(C)(C)C)c(OC2CC2)cn1. The van der Waals surface area contributed by atoms with Crippen molar-refractivity contribution in [1.29, 1.82) is 0 Å². The number of aryl methyl sites for hydroxylation is 1. The van der Waals surface area contributed by atoms with Crippen LogP contribution in [0.1, 0.15) is 39.3 Å². The van der Waals surface area contributed by atoms with Gasteiger partial charge in [-0.05, 0) is 40.5 Å². The third-order valence-corrected chi connectivity index (χ3v) is 2.20. The largest absolute Gasteiger partial charge is 0.485 e. The minimum absolute atomic E-state index is 0.213. The van der Waals surface area contributed by atoms with Gasteiger partial charge in [-0.1, -0.05) is 0 Å². The molecule has 0 aromatic carbocycles. The number of nitrogens with zero attached hydrogens (tertiary/aromatic N) is 1. The summed E-state index contributed by atoms with van der Waals surface area (Å²) >= 11 is 0. The van der Waals surface area contributed by atoms with E-state index in [1.807, 2.05) is 33.8 Å². The molecule has 0 aliphatic heterocycles. The number of rotatable bonds is 3. The topological polar surface area (TPSA) is 31.4 Å². The van der Waals surface area contributed by atoms with Gasteiger partial charge in [-0.25, -0.2) is 0 Å². The van der Waals surface area contributed by atoms with Gasteiger partial charge >= 0.3 is 0 Å². The minimum atomic E-state index is -0.213. The molecule has 0 radical (unpaired) electrons. The monoisotopic (exact) mass is 221 g/mol. The molecule has 16 heavy (non-hydrogen) atoms. The van der Waals surface area contributed by atoms with Crippen molar-refractivity contribution in [3.05, 3.63) is 18.0 Å². The molecule has 1 aliphatic rings. The van der Waals surface area contributed by atoms with Gasteiger partial charge in [0.15, 0.2) is 11.5 Å². The van der Waals surface area contributed by atoms with Crippen molar-refractivity contribution in [2.24, 2.45) is 0 Å². The van der Waals surface area contributed by atoms with E-state index in [1.165, 1.54) is 0 Å². The molecule has 1 aliphatic carbocycles. The first-order valence-electron chi connectivity index (χ1n) is 5.76. The van der Waals surface area contributed by atoms with Crippen molar-refractivity contribution < 1.29 is 9.47 Å². The molecule has 1 fully saturated rings. The van der Waals surface area contributed by atoms with Crippen LogP contribution in [-0.2, 0) is 0 Å². The lowest BCUT2D eigenvalue weighted by atomic mass is 10.2. The first-order valence-corrected chi connectivity index (χ1v) is 5.76. The van der Waals surface area contributed by atoms with Crippen LogP contribution in [0.4, 0.5) is 0 Å². The normalized spacial score (nSPS) is 16.0. The van der Waals surface area contributed by atoms with Crippen LogP contribution >= 0.6 is 0 Å². The highest BCUT2D eigenvalue weighted by atomic mass is 16.5. The predicted molar refractivity (Wildman–Crippen MR) is 63.0 cm³/mol. The third-order valence-electron chi connectivity index (χ3n) is 2.20. The molecule has 0 atom stereocenters. The van der Waals surface area contributed by atoms with Crippen LogP contribution in [0.3, 0.4) is 0 Å². The Morgan fingerprint density at radius 2 is 1.94 bits per heavy atom. The van der Waals surface area contributed by atoms with E-state index in [-0.39, 0.29) is 5.60 Å². The molecule has 2 rings (SSSR count). The van der Waals surface area contributed by atoms with Gasteiger partial charge in [0.05, 0.1) is 12.3 Å². The van der Waals surface area contributed by atoms with Crippen LogP contribution in [0.25, 0.3) is 0 Å². The summed E-state index contributed by atoms with van der Waals surface area (Å²) in [6.45, 7) is 8.05. The summed E-state index contributed by atoms with van der Waals surface area (Å²) in [6.07, 6.45) is 4.41. The van der Waals surface area contributed by atoms with E-state index in [0.29, 0.717) is 6.10 Å². The molecule has 88 valence electrons. The molecule has 0 spiro atoms. The van der Waals surface area contributed by atoms with Gasteiger partial charge in [-0.3, -0.25) is 4.98 Å². The van der Waals surface area contributed by atoms with Crippen LogP contribution in [0.5, 0.6) is 11.5 Å². The van der Waals surface area contributed by atoms with Crippen molar-refractivity contribution in [2.75, 3.05) is 0 Å². The Labute approximate surface area is 96.8 Å². The maximum atomic E-state index is 5.88. The van der Waals surface area contributed by atoms with E-state index < -0.39 is 0 Å². The Hall–Kier alpha value is -1.25. The molecule has 0 bridgehead atoms. The van der Waals surface area contributed by atoms with Crippen molar-refractivity contribution in [1.82, 2.24) is 4.98 Å². The highest BCUT2D eigenvalue weighted by molar-refractivity contribution is 5.39. The number of ether oxygens (including phenoxy) is 2. The van der Waals surface area contributed by atoms with Crippen LogP contribution in [0, 0.1) is 6.92 Å². The predicted octanol–water partition coefficient (Wildman–Crippen LogP) is 3.11. The molecule has 0 amide bonds. The van der Waals surface area contributed by atoms with Gasteiger partial charge in [0.2, 0.25) is 0 Å². The minimum Gasteiger partial charge on any atom is -0.485 e. The molecule has 3 heteroatoms. The fourth-order valence-corrected chi connectivity index (χ4v) is 1.39. The second-order valence-electron chi connectivity index (χ2n) is 5.30. The maximum Gasteiger partial charge on any atom is 0.179 e. The van der Waals surface area contributed by atoms with Gasteiger partial charge in [0.1, 0.15) is 5.60 Å². The van der Waals surface area contributed by atoms with Crippen LogP contribution in [0.2, 0.25) is 0 Å². The van der Waals surface area contributed by atoms with E-state index in [1.54, 1.807) is 6.20 Å². The zero-order chi connectivity index (χ0) is 11.8. The molecule has 1 heterocycles. The number of hydrogen-bond donors (Lipinski definition) is 0. The molecule has 0 N–H and O–H groups in total. The van der Waals surface area contributed by atoms with Gasteiger partial charge in [-0.15, -0.1) is 0 Å². The Bertz CT molecular complexity index is 378. The molecular formula is C13H19NO2. The lowest BCUT2D eigenvalue weighted by Crippen LogP contribution is -2.23. The average Bonchev–Trinajstić information content (AvgIpc) is 2.91. The zero-order valence-corrected chi connectivity index (χ0v) is 10.4. The molecule has 1 aromatic heterocycles. The summed E-state index contributed by atoms with van der Waals surface area (Å²) in [5.41, 5.74) is 0.734. The first-order chi connectivity index (χ1) is 7.44. The average molecular weight is 221 g/mol. The summed E-state index contributed by atoms with van der Waals surface area (Å²) in [4.78, 5) is 4.25. The molecule has 0 unspecified atom stereocenters. The summed E-state index contributed by atoms with van der Waals surface area (Å²) in [5, 5.41) is 0. The van der Waals surface area contributed by atoms with Gasteiger partial charge in [0.25, 0.3) is 0 Å². The first kappa shape index (κ1) is 11.2. The van der Waals surface area contributed by atoms with Crippen molar-refractivity contribution >= 4 is 0 Å². The van der Waals surface area contributed by atoms with Gasteiger partial charge < -0.3 is 9.47 Å². The Kier molecular flexibility index (Phi) is 2.78. The fraction of sp³-hybridized carbons (Fsp3) is 0.615. The molecule has 1 aromatic rings. The van der Waals surface area contributed by atoms with Gasteiger partial charge in [-0.2, -0.15) is 0 Å². The quantitative estimate of drug-likeness (QED) is 0.786. The highest BCUT2D eigenvalue weighted by Gasteiger charge is 2.26.